The predicted molar refractivity (Wildman–Crippen MR) is 93.8 cm³/mol. The summed E-state index contributed by atoms with van der Waals surface area (Å²) in [7, 11) is 1.73. The molecule has 0 fully saturated rings. The second-order valence-corrected chi connectivity index (χ2v) is 6.19. The number of fused-ring (bicyclic) bond motifs is 1. The van der Waals surface area contributed by atoms with Crippen molar-refractivity contribution in [3.63, 3.8) is 0 Å². The van der Waals surface area contributed by atoms with Crippen molar-refractivity contribution in [2.75, 3.05) is 32.1 Å². The molecule has 7 heteroatoms. The topological polar surface area (TPSA) is 50.8 Å². The van der Waals surface area contributed by atoms with Crippen LogP contribution in [0.5, 0.6) is 11.5 Å². The number of hydrogen-bond donors (Lipinski definition) is 1. The lowest BCUT2D eigenvalue weighted by atomic mass is 10.2. The number of hydrogen-bond acceptors (Lipinski definition) is 4. The molecule has 0 bridgehead atoms. The smallest absolute Gasteiger partial charge is 0.238 e. The minimum atomic E-state index is -0.383. The van der Waals surface area contributed by atoms with E-state index in [0.717, 1.165) is 0 Å². The second-order valence-electron chi connectivity index (χ2n) is 5.78. The third-order valence-corrected chi connectivity index (χ3v) is 4.08. The van der Waals surface area contributed by atoms with E-state index in [9.17, 15) is 9.18 Å². The minimum absolute atomic E-state index is 0.0963. The Morgan fingerprint density at radius 3 is 2.76 bits per heavy atom. The van der Waals surface area contributed by atoms with Gasteiger partial charge in [0.05, 0.1) is 6.54 Å². The standard InChI is InChI=1S/C18H18ClFN2O3/c1-22(10-13-14(19)3-2-4-15(13)20)11-18(23)21-12-5-6-16-17(9-12)25-8-7-24-16/h2-6,9H,7-8,10-11H2,1H3,(H,21,23). The normalized spacial score (nSPS) is 13.0. The Morgan fingerprint density at radius 1 is 1.24 bits per heavy atom. The Labute approximate surface area is 150 Å². The fourth-order valence-electron chi connectivity index (χ4n) is 2.58. The van der Waals surface area contributed by atoms with Gasteiger partial charge in [-0.15, -0.1) is 0 Å². The third kappa shape index (κ3) is 4.41. The average molecular weight is 365 g/mol. The highest BCUT2D eigenvalue weighted by atomic mass is 35.5. The summed E-state index contributed by atoms with van der Waals surface area (Å²) >= 11 is 6.01. The van der Waals surface area contributed by atoms with Crippen molar-refractivity contribution in [3.8, 4) is 11.5 Å². The monoisotopic (exact) mass is 364 g/mol. The molecular formula is C18H18ClFN2O3. The summed E-state index contributed by atoms with van der Waals surface area (Å²) in [4.78, 5) is 13.9. The molecule has 0 aromatic heterocycles. The van der Waals surface area contributed by atoms with Gasteiger partial charge in [0.2, 0.25) is 5.91 Å². The summed E-state index contributed by atoms with van der Waals surface area (Å²) < 4.78 is 24.7. The molecule has 3 rings (SSSR count). The number of carbonyl (C=O) groups is 1. The molecule has 1 heterocycles. The number of anilines is 1. The number of likely N-dealkylation sites (N-methyl/N-ethyl adjacent to an activating group) is 1. The molecule has 0 unspecified atom stereocenters. The van der Waals surface area contributed by atoms with Crippen molar-refractivity contribution in [1.82, 2.24) is 4.90 Å². The summed E-state index contributed by atoms with van der Waals surface area (Å²) in [5.74, 6) is 0.671. The van der Waals surface area contributed by atoms with Crippen LogP contribution in [0, 0.1) is 5.82 Å². The maximum absolute atomic E-state index is 13.8. The van der Waals surface area contributed by atoms with E-state index in [1.165, 1.54) is 6.07 Å². The Hall–Kier alpha value is -2.31. The van der Waals surface area contributed by atoms with Gasteiger partial charge in [-0.1, -0.05) is 17.7 Å². The molecule has 0 radical (unpaired) electrons. The van der Waals surface area contributed by atoms with Gasteiger partial charge in [-0.3, -0.25) is 9.69 Å². The fraction of sp³-hybridized carbons (Fsp3) is 0.278. The highest BCUT2D eigenvalue weighted by Gasteiger charge is 2.15. The molecule has 1 amide bonds. The van der Waals surface area contributed by atoms with Crippen LogP contribution in [-0.2, 0) is 11.3 Å². The lowest BCUT2D eigenvalue weighted by Crippen LogP contribution is -2.30. The summed E-state index contributed by atoms with van der Waals surface area (Å²) in [5, 5.41) is 3.14. The van der Waals surface area contributed by atoms with Gasteiger partial charge in [0, 0.05) is 28.9 Å². The summed E-state index contributed by atoms with van der Waals surface area (Å²) in [6, 6.07) is 9.76. The number of carbonyl (C=O) groups excluding carboxylic acids is 1. The molecule has 0 saturated heterocycles. The zero-order chi connectivity index (χ0) is 17.8. The van der Waals surface area contributed by atoms with Crippen molar-refractivity contribution in [2.45, 2.75) is 6.54 Å². The molecule has 1 aliphatic heterocycles. The first kappa shape index (κ1) is 17.5. The molecule has 2 aromatic carbocycles. The number of rotatable bonds is 5. The molecule has 1 aliphatic rings. The Balaban J connectivity index is 1.59. The van der Waals surface area contributed by atoms with Crippen LogP contribution in [0.4, 0.5) is 10.1 Å². The van der Waals surface area contributed by atoms with Crippen LogP contribution in [0.25, 0.3) is 0 Å². The first-order valence-electron chi connectivity index (χ1n) is 7.84. The molecule has 0 atom stereocenters. The van der Waals surface area contributed by atoms with Crippen molar-refractivity contribution in [2.24, 2.45) is 0 Å². The van der Waals surface area contributed by atoms with Crippen LogP contribution < -0.4 is 14.8 Å². The van der Waals surface area contributed by atoms with Crippen molar-refractivity contribution >= 4 is 23.2 Å². The van der Waals surface area contributed by atoms with Gasteiger partial charge < -0.3 is 14.8 Å². The minimum Gasteiger partial charge on any atom is -0.486 e. The van der Waals surface area contributed by atoms with Crippen LogP contribution in [0.3, 0.4) is 0 Å². The number of amides is 1. The fourth-order valence-corrected chi connectivity index (χ4v) is 2.80. The zero-order valence-corrected chi connectivity index (χ0v) is 14.5. The first-order valence-corrected chi connectivity index (χ1v) is 8.21. The molecule has 132 valence electrons. The van der Waals surface area contributed by atoms with Crippen LogP contribution in [0.15, 0.2) is 36.4 Å². The number of ether oxygens (including phenoxy) is 2. The van der Waals surface area contributed by atoms with E-state index in [1.807, 2.05) is 0 Å². The quantitative estimate of drug-likeness (QED) is 0.884. The largest absolute Gasteiger partial charge is 0.486 e. The van der Waals surface area contributed by atoms with Gasteiger partial charge in [0.1, 0.15) is 19.0 Å². The highest BCUT2D eigenvalue weighted by molar-refractivity contribution is 6.31. The van der Waals surface area contributed by atoms with E-state index in [2.05, 4.69) is 5.32 Å². The molecule has 0 aliphatic carbocycles. The lowest BCUT2D eigenvalue weighted by molar-refractivity contribution is -0.117. The van der Waals surface area contributed by atoms with Crippen molar-refractivity contribution < 1.29 is 18.7 Å². The van der Waals surface area contributed by atoms with Gasteiger partial charge in [0.15, 0.2) is 11.5 Å². The van der Waals surface area contributed by atoms with Gasteiger partial charge >= 0.3 is 0 Å². The van der Waals surface area contributed by atoms with Crippen LogP contribution >= 0.6 is 11.6 Å². The molecule has 0 spiro atoms. The molecule has 1 N–H and O–H groups in total. The summed E-state index contributed by atoms with van der Waals surface area (Å²) in [6.07, 6.45) is 0. The maximum atomic E-state index is 13.8. The number of benzene rings is 2. The number of halogens is 2. The lowest BCUT2D eigenvalue weighted by Gasteiger charge is -2.20. The van der Waals surface area contributed by atoms with Gasteiger partial charge in [0.25, 0.3) is 0 Å². The highest BCUT2D eigenvalue weighted by Crippen LogP contribution is 2.32. The summed E-state index contributed by atoms with van der Waals surface area (Å²) in [5.41, 5.74) is 0.991. The SMILES string of the molecule is CN(CC(=O)Nc1ccc2c(c1)OCCO2)Cc1c(F)cccc1Cl. The van der Waals surface area contributed by atoms with Gasteiger partial charge in [-0.05, 0) is 31.3 Å². The molecule has 25 heavy (non-hydrogen) atoms. The Bertz CT molecular complexity index is 765. The number of nitrogens with one attached hydrogen (secondary N) is 1. The molecule has 5 nitrogen and oxygen atoms in total. The van der Waals surface area contributed by atoms with Crippen LogP contribution in [-0.4, -0.2) is 37.6 Å². The first-order chi connectivity index (χ1) is 12.0. The van der Waals surface area contributed by atoms with Crippen LogP contribution in [0.2, 0.25) is 5.02 Å². The number of nitrogens with zero attached hydrogens (tertiary/aromatic N) is 1. The van der Waals surface area contributed by atoms with Gasteiger partial charge in [-0.25, -0.2) is 4.39 Å². The molecule has 2 aromatic rings. The predicted octanol–water partition coefficient (Wildman–Crippen LogP) is 3.32. The Morgan fingerprint density at radius 2 is 2.00 bits per heavy atom. The third-order valence-electron chi connectivity index (χ3n) is 3.73. The van der Waals surface area contributed by atoms with E-state index >= 15 is 0 Å². The average Bonchev–Trinajstić information content (AvgIpc) is 2.58. The van der Waals surface area contributed by atoms with E-state index in [4.69, 9.17) is 21.1 Å². The van der Waals surface area contributed by atoms with E-state index in [1.54, 1.807) is 42.3 Å². The molecule has 0 saturated carbocycles. The van der Waals surface area contributed by atoms with Gasteiger partial charge in [-0.2, -0.15) is 0 Å². The van der Waals surface area contributed by atoms with E-state index in [0.29, 0.717) is 41.0 Å². The van der Waals surface area contributed by atoms with E-state index < -0.39 is 0 Å². The van der Waals surface area contributed by atoms with E-state index in [-0.39, 0.29) is 24.8 Å². The second kappa shape index (κ2) is 7.72. The summed E-state index contributed by atoms with van der Waals surface area (Å²) in [6.45, 7) is 1.33. The van der Waals surface area contributed by atoms with Crippen LogP contribution in [0.1, 0.15) is 5.56 Å². The maximum Gasteiger partial charge on any atom is 0.238 e. The zero-order valence-electron chi connectivity index (χ0n) is 13.7. The Kier molecular flexibility index (Phi) is 5.40. The van der Waals surface area contributed by atoms with Crippen molar-refractivity contribution in [1.29, 1.82) is 0 Å². The van der Waals surface area contributed by atoms with Crippen molar-refractivity contribution in [3.05, 3.63) is 52.8 Å². The molecular weight excluding hydrogens is 347 g/mol.